The predicted molar refractivity (Wildman–Crippen MR) is 113 cm³/mol. The van der Waals surface area contributed by atoms with Gasteiger partial charge in [-0.2, -0.15) is 0 Å². The molecule has 0 bridgehead atoms. The molecule has 3 aromatic rings. The van der Waals surface area contributed by atoms with Crippen LogP contribution in [0.1, 0.15) is 36.8 Å². The molecule has 0 radical (unpaired) electrons. The van der Waals surface area contributed by atoms with Gasteiger partial charge in [0.2, 0.25) is 0 Å². The van der Waals surface area contributed by atoms with Crippen LogP contribution in [0.3, 0.4) is 0 Å². The Bertz CT molecular complexity index is 846. The van der Waals surface area contributed by atoms with Gasteiger partial charge in [-0.1, -0.05) is 39.0 Å². The Morgan fingerprint density at radius 3 is 2.54 bits per heavy atom. The molecule has 0 atom stereocenters. The van der Waals surface area contributed by atoms with Crippen LogP contribution < -0.4 is 4.74 Å². The highest BCUT2D eigenvalue weighted by Gasteiger charge is 2.17. The largest absolute Gasteiger partial charge is 0.484 e. The van der Waals surface area contributed by atoms with Gasteiger partial charge in [-0.15, -0.1) is 11.3 Å². The zero-order valence-corrected chi connectivity index (χ0v) is 17.5. The zero-order valence-electron chi connectivity index (χ0n) is 16.7. The molecular weight excluding hydrogens is 370 g/mol. The van der Waals surface area contributed by atoms with Gasteiger partial charge in [-0.25, -0.2) is 0 Å². The number of carbonyl (C=O) groups is 1. The van der Waals surface area contributed by atoms with Crippen LogP contribution in [0.25, 0.3) is 0 Å². The topological polar surface area (TPSA) is 42.7 Å². The second kappa shape index (κ2) is 9.11. The molecule has 0 aliphatic carbocycles. The normalized spacial score (nSPS) is 11.4. The fourth-order valence-electron chi connectivity index (χ4n) is 2.88. The van der Waals surface area contributed by atoms with Gasteiger partial charge in [0.05, 0.1) is 12.5 Å². The van der Waals surface area contributed by atoms with Gasteiger partial charge < -0.3 is 14.1 Å². The molecule has 0 fully saturated rings. The maximum Gasteiger partial charge on any atom is 0.260 e. The Morgan fingerprint density at radius 2 is 1.93 bits per heavy atom. The summed E-state index contributed by atoms with van der Waals surface area (Å²) in [6.45, 7) is 7.72. The number of hydrogen-bond donors (Lipinski definition) is 0. The molecular formula is C23H27NO3S. The Balaban J connectivity index is 1.59. The minimum Gasteiger partial charge on any atom is -0.484 e. The van der Waals surface area contributed by atoms with Crippen LogP contribution in [0.4, 0.5) is 0 Å². The van der Waals surface area contributed by atoms with Crippen molar-refractivity contribution in [1.82, 2.24) is 4.90 Å². The van der Waals surface area contributed by atoms with Crippen LogP contribution in [0.5, 0.6) is 5.75 Å². The molecule has 0 aliphatic heterocycles. The fraction of sp³-hybridized carbons (Fsp3) is 0.348. The van der Waals surface area contributed by atoms with Gasteiger partial charge >= 0.3 is 0 Å². The van der Waals surface area contributed by atoms with E-state index < -0.39 is 0 Å². The number of benzene rings is 1. The number of thiophene rings is 1. The zero-order chi connectivity index (χ0) is 20.0. The van der Waals surface area contributed by atoms with Crippen molar-refractivity contribution in [2.45, 2.75) is 39.2 Å². The number of carbonyl (C=O) groups excluding carboxylic acids is 1. The van der Waals surface area contributed by atoms with Crippen LogP contribution >= 0.6 is 11.3 Å². The van der Waals surface area contributed by atoms with Crippen LogP contribution in [-0.2, 0) is 23.2 Å². The van der Waals surface area contributed by atoms with Crippen LogP contribution in [0, 0.1) is 0 Å². The molecule has 0 N–H and O–H groups in total. The molecule has 0 saturated heterocycles. The fourth-order valence-corrected chi connectivity index (χ4v) is 3.58. The minimum absolute atomic E-state index is 0.0250. The molecule has 5 heteroatoms. The summed E-state index contributed by atoms with van der Waals surface area (Å²) < 4.78 is 10.9. The number of furan rings is 1. The van der Waals surface area contributed by atoms with Gasteiger partial charge in [0.25, 0.3) is 5.91 Å². The molecule has 0 saturated carbocycles. The first-order valence-electron chi connectivity index (χ1n) is 9.46. The van der Waals surface area contributed by atoms with E-state index in [4.69, 9.17) is 9.15 Å². The smallest absolute Gasteiger partial charge is 0.260 e. The molecule has 3 rings (SSSR count). The van der Waals surface area contributed by atoms with Gasteiger partial charge in [-0.3, -0.25) is 4.79 Å². The first kappa shape index (κ1) is 20.2. The van der Waals surface area contributed by atoms with Crippen LogP contribution in [0.15, 0.2) is 64.8 Å². The summed E-state index contributed by atoms with van der Waals surface area (Å²) >= 11 is 1.71. The van der Waals surface area contributed by atoms with Crippen molar-refractivity contribution < 1.29 is 13.9 Å². The van der Waals surface area contributed by atoms with E-state index >= 15 is 0 Å². The SMILES string of the molecule is CC(C)(C)c1ccc(OCC(=O)N(CCc2cccs2)Cc2ccoc2)cc1. The lowest BCUT2D eigenvalue weighted by Crippen LogP contribution is -2.35. The molecule has 4 nitrogen and oxygen atoms in total. The Kier molecular flexibility index (Phi) is 6.57. The summed E-state index contributed by atoms with van der Waals surface area (Å²) in [5.74, 6) is 0.681. The van der Waals surface area contributed by atoms with E-state index in [1.54, 1.807) is 23.9 Å². The molecule has 0 unspecified atom stereocenters. The molecule has 2 heterocycles. The average Bonchev–Trinajstić information content (AvgIpc) is 3.36. The quantitative estimate of drug-likeness (QED) is 0.519. The molecule has 2 aromatic heterocycles. The first-order chi connectivity index (χ1) is 13.4. The maximum atomic E-state index is 12.8. The Labute approximate surface area is 170 Å². The summed E-state index contributed by atoms with van der Waals surface area (Å²) in [6.07, 6.45) is 4.14. The van der Waals surface area contributed by atoms with Crippen molar-refractivity contribution in [3.63, 3.8) is 0 Å². The molecule has 1 amide bonds. The lowest BCUT2D eigenvalue weighted by Gasteiger charge is -2.22. The van der Waals surface area contributed by atoms with Crippen molar-refractivity contribution in [3.8, 4) is 5.75 Å². The molecule has 148 valence electrons. The van der Waals surface area contributed by atoms with Crippen LogP contribution in [-0.4, -0.2) is 24.0 Å². The highest BCUT2D eigenvalue weighted by atomic mass is 32.1. The monoisotopic (exact) mass is 397 g/mol. The summed E-state index contributed by atoms with van der Waals surface area (Å²) in [4.78, 5) is 15.9. The number of rotatable bonds is 8. The van der Waals surface area contributed by atoms with Gasteiger partial charge in [0.1, 0.15) is 5.75 Å². The highest BCUT2D eigenvalue weighted by Crippen LogP contribution is 2.24. The van der Waals surface area contributed by atoms with E-state index in [1.165, 1.54) is 10.4 Å². The lowest BCUT2D eigenvalue weighted by molar-refractivity contribution is -0.134. The highest BCUT2D eigenvalue weighted by molar-refractivity contribution is 7.09. The summed E-state index contributed by atoms with van der Waals surface area (Å²) in [5.41, 5.74) is 2.31. The minimum atomic E-state index is -0.0299. The third kappa shape index (κ3) is 5.73. The molecule has 28 heavy (non-hydrogen) atoms. The van der Waals surface area contributed by atoms with Gasteiger partial charge in [0.15, 0.2) is 6.61 Å². The van der Waals surface area contributed by atoms with E-state index in [1.807, 2.05) is 29.2 Å². The van der Waals surface area contributed by atoms with E-state index in [9.17, 15) is 4.79 Å². The predicted octanol–water partition coefficient (Wildman–Crippen LogP) is 5.29. The Hall–Kier alpha value is -2.53. The van der Waals surface area contributed by atoms with Crippen molar-refractivity contribution in [3.05, 3.63) is 76.4 Å². The second-order valence-corrected chi connectivity index (χ2v) is 8.87. The van der Waals surface area contributed by atoms with E-state index in [0.29, 0.717) is 18.8 Å². The summed E-state index contributed by atoms with van der Waals surface area (Å²) in [7, 11) is 0. The van der Waals surface area contributed by atoms with E-state index in [-0.39, 0.29) is 17.9 Å². The second-order valence-electron chi connectivity index (χ2n) is 7.84. The maximum absolute atomic E-state index is 12.8. The van der Waals surface area contributed by atoms with Crippen molar-refractivity contribution in [2.75, 3.05) is 13.2 Å². The number of hydrogen-bond acceptors (Lipinski definition) is 4. The first-order valence-corrected chi connectivity index (χ1v) is 10.3. The number of amides is 1. The van der Waals surface area contributed by atoms with Crippen molar-refractivity contribution in [1.29, 1.82) is 0 Å². The van der Waals surface area contributed by atoms with Crippen molar-refractivity contribution >= 4 is 17.2 Å². The molecule has 1 aromatic carbocycles. The molecule has 0 aliphatic rings. The number of nitrogens with zero attached hydrogens (tertiary/aromatic N) is 1. The lowest BCUT2D eigenvalue weighted by atomic mass is 9.87. The van der Waals surface area contributed by atoms with Crippen molar-refractivity contribution in [2.24, 2.45) is 0 Å². The van der Waals surface area contributed by atoms with E-state index in [0.717, 1.165) is 12.0 Å². The van der Waals surface area contributed by atoms with Crippen LogP contribution in [0.2, 0.25) is 0 Å². The number of ether oxygens (including phenoxy) is 1. The Morgan fingerprint density at radius 1 is 1.14 bits per heavy atom. The standard InChI is InChI=1S/C23H27NO3S/c1-23(2,3)19-6-8-20(9-7-19)27-17-22(25)24(15-18-11-13-26-16-18)12-10-21-5-4-14-28-21/h4-9,11,13-14,16H,10,12,15,17H2,1-3H3. The third-order valence-electron chi connectivity index (χ3n) is 4.60. The van der Waals surface area contributed by atoms with E-state index in [2.05, 4.69) is 44.4 Å². The summed E-state index contributed by atoms with van der Waals surface area (Å²) in [6, 6.07) is 14.0. The van der Waals surface area contributed by atoms with Gasteiger partial charge in [0, 0.05) is 23.5 Å². The average molecular weight is 398 g/mol. The molecule has 0 spiro atoms. The third-order valence-corrected chi connectivity index (χ3v) is 5.53. The van der Waals surface area contributed by atoms with Gasteiger partial charge in [-0.05, 0) is 47.0 Å². The summed E-state index contributed by atoms with van der Waals surface area (Å²) in [5, 5.41) is 2.06.